The van der Waals surface area contributed by atoms with Crippen molar-refractivity contribution in [1.82, 2.24) is 4.90 Å². The van der Waals surface area contributed by atoms with Crippen molar-refractivity contribution in [3.8, 4) is 6.07 Å². The van der Waals surface area contributed by atoms with E-state index in [9.17, 15) is 9.59 Å². The van der Waals surface area contributed by atoms with Crippen LogP contribution in [0.2, 0.25) is 0 Å². The van der Waals surface area contributed by atoms with Gasteiger partial charge in [0.1, 0.15) is 0 Å². The van der Waals surface area contributed by atoms with Crippen molar-refractivity contribution in [2.45, 2.75) is 44.6 Å². The standard InChI is InChI=1S/C20H24N2O2S/c21-13-7-2-1-3-8-14-22-18(16-25-20(22)24)11-12-19(23)15-17-9-5-4-6-10-17/h4-6,9-12,18H,1-3,7-8,14-16H2/b12-11+/t18-/m0/s1. The van der Waals surface area contributed by atoms with Crippen LogP contribution in [0.1, 0.15) is 37.7 Å². The fourth-order valence-electron chi connectivity index (χ4n) is 2.80. The molecule has 1 heterocycles. The molecule has 0 bridgehead atoms. The van der Waals surface area contributed by atoms with Crippen molar-refractivity contribution >= 4 is 22.8 Å². The second kappa shape index (κ2) is 10.7. The molecule has 5 heteroatoms. The highest BCUT2D eigenvalue weighted by atomic mass is 32.2. The summed E-state index contributed by atoms with van der Waals surface area (Å²) >= 11 is 1.32. The minimum absolute atomic E-state index is 0.0105. The average Bonchev–Trinajstić information content (AvgIpc) is 2.97. The summed E-state index contributed by atoms with van der Waals surface area (Å²) in [6.45, 7) is 0.722. The molecule has 0 radical (unpaired) electrons. The molecule has 1 aliphatic heterocycles. The van der Waals surface area contributed by atoms with Crippen molar-refractivity contribution in [3.05, 3.63) is 48.0 Å². The number of amides is 1. The van der Waals surface area contributed by atoms with Crippen LogP contribution in [0, 0.1) is 11.3 Å². The van der Waals surface area contributed by atoms with Gasteiger partial charge in [0.2, 0.25) is 0 Å². The summed E-state index contributed by atoms with van der Waals surface area (Å²) in [5.74, 6) is 0.773. The number of ketones is 1. The van der Waals surface area contributed by atoms with Crippen molar-refractivity contribution in [3.63, 3.8) is 0 Å². The van der Waals surface area contributed by atoms with Crippen LogP contribution in [0.3, 0.4) is 0 Å². The van der Waals surface area contributed by atoms with E-state index < -0.39 is 0 Å². The third-order valence-corrected chi connectivity index (χ3v) is 5.17. The highest BCUT2D eigenvalue weighted by Crippen LogP contribution is 2.25. The maximum absolute atomic E-state index is 12.1. The van der Waals surface area contributed by atoms with E-state index >= 15 is 0 Å². The Morgan fingerprint density at radius 1 is 1.24 bits per heavy atom. The molecule has 1 amide bonds. The maximum atomic E-state index is 12.1. The number of allylic oxidation sites excluding steroid dienone is 1. The molecule has 1 saturated heterocycles. The van der Waals surface area contributed by atoms with Crippen molar-refractivity contribution in [2.75, 3.05) is 12.3 Å². The fraction of sp³-hybridized carbons (Fsp3) is 0.450. The number of thioether (sulfide) groups is 1. The number of rotatable bonds is 10. The lowest BCUT2D eigenvalue weighted by molar-refractivity contribution is -0.114. The monoisotopic (exact) mass is 356 g/mol. The molecule has 0 aromatic heterocycles. The Balaban J connectivity index is 1.78. The first-order valence-electron chi connectivity index (χ1n) is 8.76. The largest absolute Gasteiger partial charge is 0.326 e. The number of hydrogen-bond acceptors (Lipinski definition) is 4. The zero-order chi connectivity index (χ0) is 17.9. The van der Waals surface area contributed by atoms with E-state index in [0.717, 1.165) is 37.8 Å². The van der Waals surface area contributed by atoms with Gasteiger partial charge in [-0.05, 0) is 24.5 Å². The van der Waals surface area contributed by atoms with Crippen molar-refractivity contribution < 1.29 is 9.59 Å². The summed E-state index contributed by atoms with van der Waals surface area (Å²) < 4.78 is 0. The number of nitrogens with zero attached hydrogens (tertiary/aromatic N) is 2. The van der Waals surface area contributed by atoms with Crippen molar-refractivity contribution in [1.29, 1.82) is 5.26 Å². The summed E-state index contributed by atoms with van der Waals surface area (Å²) in [5, 5.41) is 8.62. The SMILES string of the molecule is N#CCCCCCCN1C(=O)SC[C@@H]1/C=C/C(=O)Cc1ccccc1. The third-order valence-electron chi connectivity index (χ3n) is 4.18. The van der Waals surface area contributed by atoms with E-state index in [1.54, 1.807) is 6.08 Å². The molecule has 132 valence electrons. The Hall–Kier alpha value is -2.06. The first kappa shape index (κ1) is 19.3. The van der Waals surface area contributed by atoms with Crippen LogP contribution in [0.15, 0.2) is 42.5 Å². The minimum Gasteiger partial charge on any atom is -0.326 e. The molecule has 0 saturated carbocycles. The molecule has 0 spiro atoms. The molecule has 1 aromatic rings. The Bertz CT molecular complexity index is 637. The number of carbonyl (C=O) groups is 2. The quantitative estimate of drug-likeness (QED) is 0.461. The number of benzene rings is 1. The number of carbonyl (C=O) groups excluding carboxylic acids is 2. The molecule has 4 nitrogen and oxygen atoms in total. The molecule has 0 aliphatic carbocycles. The molecule has 1 fully saturated rings. The van der Waals surface area contributed by atoms with E-state index in [4.69, 9.17) is 5.26 Å². The zero-order valence-electron chi connectivity index (χ0n) is 14.4. The minimum atomic E-state index is 0.0105. The van der Waals surface area contributed by atoms with Crippen LogP contribution in [-0.2, 0) is 11.2 Å². The van der Waals surface area contributed by atoms with Gasteiger partial charge in [-0.3, -0.25) is 9.59 Å². The summed E-state index contributed by atoms with van der Waals surface area (Å²) in [6, 6.07) is 11.8. The summed E-state index contributed by atoms with van der Waals surface area (Å²) in [7, 11) is 0. The van der Waals surface area contributed by atoms with Crippen LogP contribution in [-0.4, -0.2) is 34.3 Å². The van der Waals surface area contributed by atoms with Crippen LogP contribution in [0.4, 0.5) is 4.79 Å². The molecule has 1 aromatic carbocycles. The number of nitriles is 1. The third kappa shape index (κ3) is 6.75. The van der Waals surface area contributed by atoms with Crippen molar-refractivity contribution in [2.24, 2.45) is 0 Å². The predicted octanol–water partition coefficient (Wildman–Crippen LogP) is 4.37. The highest BCUT2D eigenvalue weighted by molar-refractivity contribution is 8.13. The Kier molecular flexibility index (Phi) is 8.27. The number of unbranched alkanes of at least 4 members (excludes halogenated alkanes) is 4. The lowest BCUT2D eigenvalue weighted by Gasteiger charge is -2.21. The Morgan fingerprint density at radius 3 is 2.76 bits per heavy atom. The van der Waals surface area contributed by atoms with Crippen LogP contribution in [0.5, 0.6) is 0 Å². The first-order chi connectivity index (χ1) is 12.2. The van der Waals surface area contributed by atoms with Gasteiger partial charge in [0.15, 0.2) is 5.78 Å². The molecule has 0 unspecified atom stereocenters. The molecule has 1 aliphatic rings. The zero-order valence-corrected chi connectivity index (χ0v) is 15.2. The van der Waals surface area contributed by atoms with Crippen LogP contribution in [0.25, 0.3) is 0 Å². The van der Waals surface area contributed by atoms with Gasteiger partial charge >= 0.3 is 0 Å². The molecule has 2 rings (SSSR count). The topological polar surface area (TPSA) is 61.2 Å². The van der Waals surface area contributed by atoms with Crippen LogP contribution >= 0.6 is 11.8 Å². The molecule has 25 heavy (non-hydrogen) atoms. The first-order valence-corrected chi connectivity index (χ1v) is 9.74. The molecule has 0 N–H and O–H groups in total. The highest BCUT2D eigenvalue weighted by Gasteiger charge is 2.29. The van der Waals surface area contributed by atoms with Gasteiger partial charge in [0.05, 0.1) is 12.1 Å². The van der Waals surface area contributed by atoms with Gasteiger partial charge in [0.25, 0.3) is 5.24 Å². The molecular formula is C20H24N2O2S. The lowest BCUT2D eigenvalue weighted by Crippen LogP contribution is -2.32. The summed E-state index contributed by atoms with van der Waals surface area (Å²) in [4.78, 5) is 26.0. The second-order valence-electron chi connectivity index (χ2n) is 6.15. The Morgan fingerprint density at radius 2 is 2.00 bits per heavy atom. The van der Waals surface area contributed by atoms with Gasteiger partial charge in [-0.25, -0.2) is 0 Å². The van der Waals surface area contributed by atoms with Gasteiger partial charge < -0.3 is 4.90 Å². The van der Waals surface area contributed by atoms with E-state index in [2.05, 4.69) is 6.07 Å². The normalized spacial score (nSPS) is 17.2. The van der Waals surface area contributed by atoms with Gasteiger partial charge in [-0.15, -0.1) is 0 Å². The second-order valence-corrected chi connectivity index (χ2v) is 7.12. The predicted molar refractivity (Wildman–Crippen MR) is 101 cm³/mol. The molecule has 1 atom stereocenters. The molecular weight excluding hydrogens is 332 g/mol. The van der Waals surface area contributed by atoms with Gasteiger partial charge in [-0.1, -0.05) is 61.0 Å². The van der Waals surface area contributed by atoms with Gasteiger partial charge in [0, 0.05) is 25.1 Å². The maximum Gasteiger partial charge on any atom is 0.282 e. The Labute approximate surface area is 153 Å². The van der Waals surface area contributed by atoms with Crippen LogP contribution < -0.4 is 0 Å². The van der Waals surface area contributed by atoms with E-state index in [0.29, 0.717) is 18.6 Å². The van der Waals surface area contributed by atoms with E-state index in [1.807, 2.05) is 41.3 Å². The van der Waals surface area contributed by atoms with E-state index in [-0.39, 0.29) is 17.1 Å². The fourth-order valence-corrected chi connectivity index (χ4v) is 3.79. The van der Waals surface area contributed by atoms with E-state index in [1.165, 1.54) is 11.8 Å². The average molecular weight is 356 g/mol. The summed E-state index contributed by atoms with van der Waals surface area (Å²) in [5.41, 5.74) is 1.00. The lowest BCUT2D eigenvalue weighted by atomic mass is 10.1. The summed E-state index contributed by atoms with van der Waals surface area (Å²) in [6.07, 6.45) is 8.42. The number of hydrogen-bond donors (Lipinski definition) is 0. The smallest absolute Gasteiger partial charge is 0.282 e. The van der Waals surface area contributed by atoms with Gasteiger partial charge in [-0.2, -0.15) is 5.26 Å².